The van der Waals surface area contributed by atoms with Gasteiger partial charge < -0.3 is 0 Å². The van der Waals surface area contributed by atoms with Crippen molar-refractivity contribution in [3.63, 3.8) is 0 Å². The molecule has 2 aliphatic heterocycles. The highest BCUT2D eigenvalue weighted by Gasteiger charge is 2.20. The van der Waals surface area contributed by atoms with Crippen molar-refractivity contribution < 1.29 is 0 Å². The van der Waals surface area contributed by atoms with Gasteiger partial charge in [0, 0.05) is 11.4 Å². The maximum Gasteiger partial charge on any atom is 0.174 e. The summed E-state index contributed by atoms with van der Waals surface area (Å²) in [4.78, 5) is 22.6. The summed E-state index contributed by atoms with van der Waals surface area (Å²) in [5.41, 5.74) is 3.60. The van der Waals surface area contributed by atoms with E-state index in [1.165, 1.54) is 0 Å². The summed E-state index contributed by atoms with van der Waals surface area (Å²) in [5.74, 6) is 1.40. The van der Waals surface area contributed by atoms with Crippen molar-refractivity contribution >= 4 is 23.1 Å². The minimum absolute atomic E-state index is 0.138. The van der Waals surface area contributed by atoms with Gasteiger partial charge in [0.1, 0.15) is 11.4 Å². The smallest absolute Gasteiger partial charge is 0.174 e. The van der Waals surface area contributed by atoms with Gasteiger partial charge in [-0.05, 0) is 39.8 Å². The lowest BCUT2D eigenvalue weighted by molar-refractivity contribution is 0.989. The zero-order valence-corrected chi connectivity index (χ0v) is 12.1. The Morgan fingerprint density at radius 2 is 1.25 bits per heavy atom. The van der Waals surface area contributed by atoms with Crippen molar-refractivity contribution in [2.24, 2.45) is 20.0 Å². The normalized spacial score (nSPS) is 25.2. The third-order valence-electron chi connectivity index (χ3n) is 3.61. The monoisotopic (exact) mass is 267 g/mol. The molecule has 1 aromatic heterocycles. The van der Waals surface area contributed by atoms with Crippen molar-refractivity contribution in [1.29, 1.82) is 0 Å². The van der Waals surface area contributed by atoms with E-state index in [9.17, 15) is 0 Å². The number of amidine groups is 2. The van der Waals surface area contributed by atoms with Crippen LogP contribution in [0, 0.1) is 0 Å². The van der Waals surface area contributed by atoms with Crippen LogP contribution >= 0.6 is 0 Å². The van der Waals surface area contributed by atoms with Gasteiger partial charge in [-0.2, -0.15) is 0 Å². The molecule has 0 aromatic carbocycles. The minimum Gasteiger partial charge on any atom is -0.256 e. The summed E-state index contributed by atoms with van der Waals surface area (Å²) < 4.78 is 0. The molecule has 1 aromatic rings. The second-order valence-electron chi connectivity index (χ2n) is 5.17. The second-order valence-corrected chi connectivity index (χ2v) is 5.17. The number of aromatic nitrogens is 1. The van der Waals surface area contributed by atoms with Crippen molar-refractivity contribution in [2.75, 3.05) is 0 Å². The first kappa shape index (κ1) is 12.8. The molecule has 0 fully saturated rings. The molecule has 102 valence electrons. The van der Waals surface area contributed by atoms with Gasteiger partial charge in [-0.3, -0.25) is 9.98 Å². The zero-order chi connectivity index (χ0) is 14.3. The molecule has 0 saturated carbocycles. The molecule has 2 aliphatic rings. The van der Waals surface area contributed by atoms with Gasteiger partial charge in [0.2, 0.25) is 0 Å². The molecular weight excluding hydrogens is 250 g/mol. The van der Waals surface area contributed by atoms with E-state index in [4.69, 9.17) is 0 Å². The van der Waals surface area contributed by atoms with E-state index in [0.29, 0.717) is 11.7 Å². The van der Waals surface area contributed by atoms with E-state index < -0.39 is 0 Å². The van der Waals surface area contributed by atoms with Gasteiger partial charge >= 0.3 is 0 Å². The summed E-state index contributed by atoms with van der Waals surface area (Å²) in [5, 5.41) is 0. The average Bonchev–Trinajstić information content (AvgIpc) is 2.94. The van der Waals surface area contributed by atoms with Crippen LogP contribution in [-0.2, 0) is 0 Å². The average molecular weight is 267 g/mol. The number of nitrogens with zero attached hydrogens (tertiary/aromatic N) is 5. The highest BCUT2D eigenvalue weighted by Crippen LogP contribution is 2.14. The Balaban J connectivity index is 1.96. The third-order valence-corrected chi connectivity index (χ3v) is 3.61. The van der Waals surface area contributed by atoms with Crippen LogP contribution in [0.25, 0.3) is 0 Å². The molecule has 0 amide bonds. The van der Waals surface area contributed by atoms with E-state index in [2.05, 4.69) is 25.0 Å². The molecule has 3 heterocycles. The number of hydrogen-bond acceptors (Lipinski definition) is 5. The molecule has 3 rings (SSSR count). The molecule has 0 spiro atoms. The lowest BCUT2D eigenvalue weighted by Gasteiger charge is -2.01. The maximum atomic E-state index is 4.60. The summed E-state index contributed by atoms with van der Waals surface area (Å²) in [6, 6.07) is 6.07. The first-order valence-corrected chi connectivity index (χ1v) is 6.78. The molecule has 0 bridgehead atoms. The molecule has 5 nitrogen and oxygen atoms in total. The van der Waals surface area contributed by atoms with Crippen LogP contribution in [0.2, 0.25) is 0 Å². The number of hydrogen-bond donors (Lipinski definition) is 0. The van der Waals surface area contributed by atoms with Crippen LogP contribution < -0.4 is 0 Å². The summed E-state index contributed by atoms with van der Waals surface area (Å²) in [7, 11) is 0. The Hall–Kier alpha value is -2.17. The van der Waals surface area contributed by atoms with Gasteiger partial charge in [0.05, 0.1) is 12.1 Å². The Morgan fingerprint density at radius 3 is 1.60 bits per heavy atom. The summed E-state index contributed by atoms with van der Waals surface area (Å²) in [6.07, 6.45) is 0. The second kappa shape index (κ2) is 4.74. The van der Waals surface area contributed by atoms with E-state index in [1.54, 1.807) is 0 Å². The predicted molar refractivity (Wildman–Crippen MR) is 82.5 cm³/mol. The van der Waals surface area contributed by atoms with Gasteiger partial charge in [0.25, 0.3) is 0 Å². The maximum absolute atomic E-state index is 4.60. The van der Waals surface area contributed by atoms with Gasteiger partial charge in [-0.25, -0.2) is 15.0 Å². The zero-order valence-electron chi connectivity index (χ0n) is 12.1. The van der Waals surface area contributed by atoms with Crippen molar-refractivity contribution in [1.82, 2.24) is 4.98 Å². The Labute approximate surface area is 118 Å². The quantitative estimate of drug-likeness (QED) is 0.811. The fourth-order valence-corrected chi connectivity index (χ4v) is 2.06. The van der Waals surface area contributed by atoms with E-state index >= 15 is 0 Å². The highest BCUT2D eigenvalue weighted by molar-refractivity contribution is 6.13. The van der Waals surface area contributed by atoms with E-state index in [0.717, 1.165) is 22.8 Å². The first-order valence-electron chi connectivity index (χ1n) is 6.78. The van der Waals surface area contributed by atoms with Crippen LogP contribution in [0.5, 0.6) is 0 Å². The molecule has 0 radical (unpaired) electrons. The fraction of sp³-hybridized carbons (Fsp3) is 0.400. The number of aliphatic imine (C=N–C) groups is 4. The predicted octanol–water partition coefficient (Wildman–Crippen LogP) is 2.30. The van der Waals surface area contributed by atoms with Crippen molar-refractivity contribution in [3.8, 4) is 0 Å². The lowest BCUT2D eigenvalue weighted by Crippen LogP contribution is -2.05. The Kier molecular flexibility index (Phi) is 3.04. The van der Waals surface area contributed by atoms with Crippen molar-refractivity contribution in [2.45, 2.75) is 39.8 Å². The molecule has 0 saturated heterocycles. The van der Waals surface area contributed by atoms with Crippen LogP contribution in [0.3, 0.4) is 0 Å². The molecule has 20 heavy (non-hydrogen) atoms. The summed E-state index contributed by atoms with van der Waals surface area (Å²) in [6.45, 7) is 8.04. The molecule has 5 heteroatoms. The minimum atomic E-state index is 0.138. The first-order chi connectivity index (χ1) is 9.54. The molecule has 2 atom stereocenters. The van der Waals surface area contributed by atoms with Gasteiger partial charge in [-0.15, -0.1) is 0 Å². The Morgan fingerprint density at radius 1 is 0.800 bits per heavy atom. The SMILES string of the molecule is CC1=NC(c2cccc(C3=NC(C)C(C)=N3)n2)=NC1C. The van der Waals surface area contributed by atoms with Gasteiger partial charge in [-0.1, -0.05) is 6.07 Å². The van der Waals surface area contributed by atoms with E-state index in [1.807, 2.05) is 45.9 Å². The van der Waals surface area contributed by atoms with Gasteiger partial charge in [0.15, 0.2) is 11.7 Å². The largest absolute Gasteiger partial charge is 0.256 e. The van der Waals surface area contributed by atoms with Crippen LogP contribution in [-0.4, -0.2) is 40.2 Å². The number of pyridine rings is 1. The molecule has 0 N–H and O–H groups in total. The highest BCUT2D eigenvalue weighted by atomic mass is 15.1. The topological polar surface area (TPSA) is 62.3 Å². The standard InChI is InChI=1S/C15H17N5/c1-8-9(2)17-14(16-8)12-6-5-7-13(20-12)15-18-10(3)11(4)19-15/h5-8,10H,1-4H3. The number of rotatable bonds is 2. The van der Waals surface area contributed by atoms with Crippen molar-refractivity contribution in [3.05, 3.63) is 29.6 Å². The fourth-order valence-electron chi connectivity index (χ4n) is 2.06. The van der Waals surface area contributed by atoms with Crippen LogP contribution in [0.15, 0.2) is 38.2 Å². The lowest BCUT2D eigenvalue weighted by atomic mass is 10.2. The molecule has 2 unspecified atom stereocenters. The third kappa shape index (κ3) is 2.19. The Bertz CT molecular complexity index is 626. The van der Waals surface area contributed by atoms with Crippen LogP contribution in [0.4, 0.5) is 0 Å². The molecular formula is C15H17N5. The molecule has 0 aliphatic carbocycles. The van der Waals surface area contributed by atoms with E-state index in [-0.39, 0.29) is 12.1 Å². The van der Waals surface area contributed by atoms with Crippen LogP contribution in [0.1, 0.15) is 39.1 Å². The summed E-state index contributed by atoms with van der Waals surface area (Å²) >= 11 is 0.